The third kappa shape index (κ3) is 3.32. The number of hydrogen-bond acceptors (Lipinski definition) is 3. The highest BCUT2D eigenvalue weighted by Crippen LogP contribution is 2.23. The monoisotopic (exact) mass is 253 g/mol. The van der Waals surface area contributed by atoms with Gasteiger partial charge in [0.1, 0.15) is 0 Å². The molecule has 0 aromatic rings. The minimum absolute atomic E-state index is 0.0205. The molecule has 0 aromatic heterocycles. The van der Waals surface area contributed by atoms with Crippen molar-refractivity contribution in [2.45, 2.75) is 32.2 Å². The van der Waals surface area contributed by atoms with E-state index in [0.29, 0.717) is 19.6 Å². The molecule has 1 aliphatic rings. The average molecular weight is 253 g/mol. The maximum atomic E-state index is 12.0. The number of piperazine rings is 1. The lowest BCUT2D eigenvalue weighted by molar-refractivity contribution is -0.139. The summed E-state index contributed by atoms with van der Waals surface area (Å²) in [7, 11) is 0. The smallest absolute Gasteiger partial charge is 0.240 e. The van der Waals surface area contributed by atoms with Gasteiger partial charge in [-0.2, -0.15) is 0 Å². The molecule has 2 N–H and O–H groups in total. The first kappa shape index (κ1) is 14.7. The molecule has 1 saturated heterocycles. The van der Waals surface area contributed by atoms with Gasteiger partial charge in [-0.1, -0.05) is 19.4 Å². The first-order valence-corrected chi connectivity index (χ1v) is 6.45. The van der Waals surface area contributed by atoms with Gasteiger partial charge in [0.05, 0.1) is 12.1 Å². The summed E-state index contributed by atoms with van der Waals surface area (Å²) in [4.78, 5) is 25.7. The maximum absolute atomic E-state index is 12.0. The Bertz CT molecular complexity index is 330. The molecule has 2 amide bonds. The van der Waals surface area contributed by atoms with E-state index in [2.05, 4.69) is 17.2 Å². The highest BCUT2D eigenvalue weighted by molar-refractivity contribution is 5.88. The highest BCUT2D eigenvalue weighted by atomic mass is 16.2. The number of hydrogen-bond donors (Lipinski definition) is 2. The normalized spacial score (nSPS) is 24.4. The summed E-state index contributed by atoms with van der Waals surface area (Å²) >= 11 is 0. The molecule has 102 valence electrons. The minimum atomic E-state index is -0.571. The summed E-state index contributed by atoms with van der Waals surface area (Å²) in [6, 6.07) is 0. The van der Waals surface area contributed by atoms with Crippen molar-refractivity contribution in [3.63, 3.8) is 0 Å². The Morgan fingerprint density at radius 3 is 3.00 bits per heavy atom. The van der Waals surface area contributed by atoms with Crippen LogP contribution in [-0.4, -0.2) is 48.4 Å². The summed E-state index contributed by atoms with van der Waals surface area (Å²) < 4.78 is 0. The Morgan fingerprint density at radius 1 is 1.67 bits per heavy atom. The molecule has 5 heteroatoms. The predicted molar refractivity (Wildman–Crippen MR) is 71.1 cm³/mol. The molecule has 18 heavy (non-hydrogen) atoms. The third-order valence-corrected chi connectivity index (χ3v) is 3.37. The van der Waals surface area contributed by atoms with E-state index in [-0.39, 0.29) is 18.4 Å². The molecule has 1 unspecified atom stereocenters. The average Bonchev–Trinajstić information content (AvgIpc) is 2.33. The summed E-state index contributed by atoms with van der Waals surface area (Å²) in [5.74, 6) is -0.0425. The van der Waals surface area contributed by atoms with Crippen LogP contribution in [0.1, 0.15) is 26.7 Å². The van der Waals surface area contributed by atoms with Crippen molar-refractivity contribution in [1.29, 1.82) is 0 Å². The van der Waals surface area contributed by atoms with Crippen LogP contribution in [0.15, 0.2) is 12.7 Å². The van der Waals surface area contributed by atoms with E-state index in [1.54, 1.807) is 6.08 Å². The molecule has 0 aromatic carbocycles. The van der Waals surface area contributed by atoms with Crippen LogP contribution in [-0.2, 0) is 9.59 Å². The van der Waals surface area contributed by atoms with Gasteiger partial charge in [-0.25, -0.2) is 0 Å². The van der Waals surface area contributed by atoms with Crippen LogP contribution in [0, 0.1) is 0 Å². The molecule has 5 nitrogen and oxygen atoms in total. The zero-order valence-corrected chi connectivity index (χ0v) is 11.3. The fraction of sp³-hybridized carbons (Fsp3) is 0.692. The van der Waals surface area contributed by atoms with E-state index in [1.807, 2.05) is 18.7 Å². The molecule has 1 atom stereocenters. The first-order valence-electron chi connectivity index (χ1n) is 6.45. The van der Waals surface area contributed by atoms with Crippen LogP contribution in [0.5, 0.6) is 0 Å². The van der Waals surface area contributed by atoms with Gasteiger partial charge in [-0.05, 0) is 13.3 Å². The van der Waals surface area contributed by atoms with E-state index in [0.717, 1.165) is 12.8 Å². The number of carbonyl (C=O) groups is 2. The topological polar surface area (TPSA) is 61.4 Å². The Kier molecular flexibility index (Phi) is 5.34. The van der Waals surface area contributed by atoms with Gasteiger partial charge in [-0.15, -0.1) is 6.58 Å². The zero-order chi connectivity index (χ0) is 13.6. The number of amides is 2. The van der Waals surface area contributed by atoms with Gasteiger partial charge in [-0.3, -0.25) is 14.5 Å². The van der Waals surface area contributed by atoms with E-state index < -0.39 is 5.54 Å². The molecule has 0 saturated carbocycles. The van der Waals surface area contributed by atoms with E-state index in [9.17, 15) is 9.59 Å². The molecular weight excluding hydrogens is 230 g/mol. The second-order valence-corrected chi connectivity index (χ2v) is 4.79. The fourth-order valence-electron chi connectivity index (χ4n) is 2.31. The Balaban J connectivity index is 2.68. The Morgan fingerprint density at radius 2 is 2.39 bits per heavy atom. The summed E-state index contributed by atoms with van der Waals surface area (Å²) in [5.41, 5.74) is -0.571. The molecule has 0 aliphatic carbocycles. The highest BCUT2D eigenvalue weighted by Gasteiger charge is 2.41. The lowest BCUT2D eigenvalue weighted by Crippen LogP contribution is -2.64. The van der Waals surface area contributed by atoms with Crippen LogP contribution in [0.2, 0.25) is 0 Å². The van der Waals surface area contributed by atoms with Gasteiger partial charge in [0.15, 0.2) is 0 Å². The predicted octanol–water partition coefficient (Wildman–Crippen LogP) is 0.279. The van der Waals surface area contributed by atoms with Crippen molar-refractivity contribution >= 4 is 11.8 Å². The summed E-state index contributed by atoms with van der Waals surface area (Å²) in [6.07, 6.45) is 3.31. The molecule has 1 fully saturated rings. The summed E-state index contributed by atoms with van der Waals surface area (Å²) in [5, 5.41) is 5.62. The fourth-order valence-corrected chi connectivity index (χ4v) is 2.31. The van der Waals surface area contributed by atoms with Crippen LogP contribution < -0.4 is 10.6 Å². The molecular formula is C13H23N3O2. The molecule has 0 radical (unpaired) electrons. The molecule has 1 heterocycles. The van der Waals surface area contributed by atoms with Crippen LogP contribution in [0.3, 0.4) is 0 Å². The van der Waals surface area contributed by atoms with Gasteiger partial charge < -0.3 is 10.6 Å². The van der Waals surface area contributed by atoms with Crippen molar-refractivity contribution in [1.82, 2.24) is 15.5 Å². The van der Waals surface area contributed by atoms with E-state index in [4.69, 9.17) is 0 Å². The lowest BCUT2D eigenvalue weighted by atomic mass is 9.90. The number of carbonyl (C=O) groups excluding carboxylic acids is 2. The molecule has 1 rings (SSSR count). The van der Waals surface area contributed by atoms with Crippen molar-refractivity contribution in [3.05, 3.63) is 12.7 Å². The van der Waals surface area contributed by atoms with Gasteiger partial charge >= 0.3 is 0 Å². The third-order valence-electron chi connectivity index (χ3n) is 3.37. The van der Waals surface area contributed by atoms with Gasteiger partial charge in [0.25, 0.3) is 0 Å². The SMILES string of the molecule is C=CCNC(=O)CN1CCNC(=O)C1(C)CCC. The number of nitrogens with zero attached hydrogens (tertiary/aromatic N) is 1. The second kappa shape index (κ2) is 6.54. The molecule has 0 spiro atoms. The van der Waals surface area contributed by atoms with Crippen LogP contribution >= 0.6 is 0 Å². The zero-order valence-electron chi connectivity index (χ0n) is 11.3. The second-order valence-electron chi connectivity index (χ2n) is 4.79. The van der Waals surface area contributed by atoms with Crippen molar-refractivity contribution in [2.75, 3.05) is 26.2 Å². The van der Waals surface area contributed by atoms with Gasteiger partial charge in [0, 0.05) is 19.6 Å². The molecule has 1 aliphatic heterocycles. The summed E-state index contributed by atoms with van der Waals surface area (Å²) in [6.45, 7) is 9.55. The number of rotatable bonds is 6. The van der Waals surface area contributed by atoms with Crippen molar-refractivity contribution < 1.29 is 9.59 Å². The molecule has 0 bridgehead atoms. The first-order chi connectivity index (χ1) is 8.54. The maximum Gasteiger partial charge on any atom is 0.240 e. The van der Waals surface area contributed by atoms with Crippen molar-refractivity contribution in [2.24, 2.45) is 0 Å². The van der Waals surface area contributed by atoms with Crippen LogP contribution in [0.25, 0.3) is 0 Å². The van der Waals surface area contributed by atoms with Crippen LogP contribution in [0.4, 0.5) is 0 Å². The largest absolute Gasteiger partial charge is 0.353 e. The van der Waals surface area contributed by atoms with Crippen molar-refractivity contribution in [3.8, 4) is 0 Å². The number of nitrogens with one attached hydrogen (secondary N) is 2. The Labute approximate surface area is 109 Å². The lowest BCUT2D eigenvalue weighted by Gasteiger charge is -2.43. The minimum Gasteiger partial charge on any atom is -0.353 e. The standard InChI is InChI=1S/C13H23N3O2/c1-4-6-13(3)12(18)15-8-9-16(13)10-11(17)14-7-5-2/h5H,2,4,6-10H2,1,3H3,(H,14,17)(H,15,18). The van der Waals surface area contributed by atoms with Gasteiger partial charge in [0.2, 0.25) is 11.8 Å². The Hall–Kier alpha value is -1.36. The quantitative estimate of drug-likeness (QED) is 0.668. The van der Waals surface area contributed by atoms with E-state index in [1.165, 1.54) is 0 Å². The van der Waals surface area contributed by atoms with E-state index >= 15 is 0 Å².